The number of carbonyl (C=O) groups excluding carboxylic acids is 4. The highest BCUT2D eigenvalue weighted by Gasteiger charge is 2.51. The molecule has 1 fully saturated rings. The second kappa shape index (κ2) is 9.85. The SMILES string of the molecule is NC(=O)C1C2C=CC(C2)C1C(=O)NOC(=O)CCNC(=O)OCC1c2ccccc2-c2ccccc21. The summed E-state index contributed by atoms with van der Waals surface area (Å²) < 4.78 is 5.43. The van der Waals surface area contributed by atoms with E-state index in [2.05, 4.69) is 22.9 Å². The number of rotatable bonds is 7. The van der Waals surface area contributed by atoms with E-state index in [1.54, 1.807) is 0 Å². The molecule has 3 aliphatic carbocycles. The van der Waals surface area contributed by atoms with E-state index in [1.807, 2.05) is 48.6 Å². The summed E-state index contributed by atoms with van der Waals surface area (Å²) in [6, 6.07) is 16.1. The lowest BCUT2D eigenvalue weighted by Crippen LogP contribution is -2.43. The zero-order valence-electron chi connectivity index (χ0n) is 19.5. The smallest absolute Gasteiger partial charge is 0.407 e. The van der Waals surface area contributed by atoms with Gasteiger partial charge in [0.15, 0.2) is 0 Å². The van der Waals surface area contributed by atoms with Crippen LogP contribution >= 0.6 is 0 Å². The number of alkyl carbamates (subject to hydrolysis) is 1. The first kappa shape index (κ1) is 23.6. The van der Waals surface area contributed by atoms with Gasteiger partial charge in [0.25, 0.3) is 5.91 Å². The third kappa shape index (κ3) is 4.44. The lowest BCUT2D eigenvalue weighted by atomic mass is 9.82. The summed E-state index contributed by atoms with van der Waals surface area (Å²) >= 11 is 0. The molecule has 0 radical (unpaired) electrons. The van der Waals surface area contributed by atoms with Gasteiger partial charge in [0.2, 0.25) is 5.91 Å². The molecule has 0 spiro atoms. The Morgan fingerprint density at radius 3 is 2.14 bits per heavy atom. The van der Waals surface area contributed by atoms with Crippen LogP contribution in [0.1, 0.15) is 29.9 Å². The molecule has 2 bridgehead atoms. The summed E-state index contributed by atoms with van der Waals surface area (Å²) in [5.74, 6) is -3.27. The van der Waals surface area contributed by atoms with Gasteiger partial charge in [-0.05, 0) is 40.5 Å². The quantitative estimate of drug-likeness (QED) is 0.404. The molecular formula is C27H27N3O6. The number of hydroxylamine groups is 1. The van der Waals surface area contributed by atoms with Crippen LogP contribution in [0.25, 0.3) is 11.1 Å². The van der Waals surface area contributed by atoms with E-state index in [-0.39, 0.29) is 37.3 Å². The Bertz CT molecular complexity index is 1200. The van der Waals surface area contributed by atoms with Gasteiger partial charge in [0, 0.05) is 12.5 Å². The first-order chi connectivity index (χ1) is 17.4. The molecule has 4 N–H and O–H groups in total. The average molecular weight is 490 g/mol. The molecule has 3 aliphatic rings. The molecule has 0 heterocycles. The topological polar surface area (TPSA) is 137 Å². The van der Waals surface area contributed by atoms with Crippen LogP contribution in [-0.4, -0.2) is 37.0 Å². The summed E-state index contributed by atoms with van der Waals surface area (Å²) in [6.45, 7) is 0.144. The maximum atomic E-state index is 12.5. The molecule has 9 nitrogen and oxygen atoms in total. The fourth-order valence-electron chi connectivity index (χ4n) is 5.71. The third-order valence-electron chi connectivity index (χ3n) is 7.30. The number of nitrogens with two attached hydrogens (primary N) is 1. The third-order valence-corrected chi connectivity index (χ3v) is 7.30. The van der Waals surface area contributed by atoms with Gasteiger partial charge in [-0.3, -0.25) is 9.59 Å². The number of hydrogen-bond acceptors (Lipinski definition) is 6. The summed E-state index contributed by atoms with van der Waals surface area (Å²) in [6.07, 6.45) is 3.68. The Kier molecular flexibility index (Phi) is 6.45. The summed E-state index contributed by atoms with van der Waals surface area (Å²) in [4.78, 5) is 53.3. The molecule has 36 heavy (non-hydrogen) atoms. The Morgan fingerprint density at radius 1 is 0.889 bits per heavy atom. The maximum absolute atomic E-state index is 12.5. The van der Waals surface area contributed by atoms with E-state index >= 15 is 0 Å². The van der Waals surface area contributed by atoms with Gasteiger partial charge in [0.05, 0.1) is 18.3 Å². The molecule has 4 unspecified atom stereocenters. The standard InChI is InChI=1S/C27H27N3O6/c28-25(32)23-15-9-10-16(13-15)24(23)26(33)30-36-22(31)11-12-29-27(34)35-14-21-19-7-3-1-5-17(19)18-6-2-4-8-20(18)21/h1-10,15-16,21,23-24H,11-14H2,(H2,28,32)(H,29,34)(H,30,33). The molecule has 5 rings (SSSR count). The van der Waals surface area contributed by atoms with Crippen molar-refractivity contribution in [2.45, 2.75) is 18.8 Å². The van der Waals surface area contributed by atoms with Gasteiger partial charge >= 0.3 is 12.1 Å². The molecular weight excluding hydrogens is 462 g/mol. The molecule has 4 atom stereocenters. The first-order valence-electron chi connectivity index (χ1n) is 12.0. The molecule has 0 aliphatic heterocycles. The van der Waals surface area contributed by atoms with Crippen molar-refractivity contribution in [3.63, 3.8) is 0 Å². The minimum Gasteiger partial charge on any atom is -0.449 e. The minimum atomic E-state index is -0.725. The molecule has 0 saturated heterocycles. The predicted molar refractivity (Wildman–Crippen MR) is 129 cm³/mol. The van der Waals surface area contributed by atoms with Gasteiger partial charge in [0.1, 0.15) is 6.61 Å². The number of nitrogens with one attached hydrogen (secondary N) is 2. The zero-order chi connectivity index (χ0) is 25.2. The average Bonchev–Trinajstić information content (AvgIpc) is 3.58. The lowest BCUT2D eigenvalue weighted by Gasteiger charge is -2.24. The van der Waals surface area contributed by atoms with Gasteiger partial charge in [-0.15, -0.1) is 0 Å². The Morgan fingerprint density at radius 2 is 1.50 bits per heavy atom. The highest BCUT2D eigenvalue weighted by Crippen LogP contribution is 2.48. The zero-order valence-corrected chi connectivity index (χ0v) is 19.5. The number of ether oxygens (including phenoxy) is 1. The van der Waals surface area contributed by atoms with Crippen LogP contribution in [0.3, 0.4) is 0 Å². The van der Waals surface area contributed by atoms with E-state index in [9.17, 15) is 19.2 Å². The minimum absolute atomic E-state index is 0.0217. The van der Waals surface area contributed by atoms with E-state index < -0.39 is 35.7 Å². The van der Waals surface area contributed by atoms with Crippen LogP contribution in [-0.2, 0) is 24.0 Å². The maximum Gasteiger partial charge on any atom is 0.407 e. The number of primary amides is 1. The van der Waals surface area contributed by atoms with E-state index in [0.717, 1.165) is 22.3 Å². The summed E-state index contributed by atoms with van der Waals surface area (Å²) in [5.41, 5.74) is 12.1. The molecule has 3 amide bonds. The second-order valence-electron chi connectivity index (χ2n) is 9.34. The van der Waals surface area contributed by atoms with Gasteiger partial charge in [-0.25, -0.2) is 9.59 Å². The van der Waals surface area contributed by atoms with E-state index in [4.69, 9.17) is 15.3 Å². The van der Waals surface area contributed by atoms with Gasteiger partial charge in [-0.1, -0.05) is 60.7 Å². The number of hydrogen-bond donors (Lipinski definition) is 3. The largest absolute Gasteiger partial charge is 0.449 e. The fraction of sp³-hybridized carbons (Fsp3) is 0.333. The van der Waals surface area contributed by atoms with Crippen molar-refractivity contribution in [1.82, 2.24) is 10.8 Å². The van der Waals surface area contributed by atoms with Crippen molar-refractivity contribution in [3.8, 4) is 11.1 Å². The number of carbonyl (C=O) groups is 4. The molecule has 9 heteroatoms. The Hall–Kier alpha value is -4.14. The van der Waals surface area contributed by atoms with Crippen LogP contribution in [0.4, 0.5) is 4.79 Å². The molecule has 2 aromatic rings. The van der Waals surface area contributed by atoms with Crippen LogP contribution in [0, 0.1) is 23.7 Å². The lowest BCUT2D eigenvalue weighted by molar-refractivity contribution is -0.161. The first-order valence-corrected chi connectivity index (χ1v) is 12.0. The Labute approximate surface area is 208 Å². The predicted octanol–water partition coefficient (Wildman–Crippen LogP) is 2.41. The number of allylic oxidation sites excluding steroid dienone is 2. The Balaban J connectivity index is 1.05. The monoisotopic (exact) mass is 489 g/mol. The van der Waals surface area contributed by atoms with Crippen molar-refractivity contribution in [2.24, 2.45) is 29.4 Å². The van der Waals surface area contributed by atoms with E-state index in [0.29, 0.717) is 6.42 Å². The molecule has 1 saturated carbocycles. The number of fused-ring (bicyclic) bond motifs is 5. The number of benzene rings is 2. The van der Waals surface area contributed by atoms with Crippen LogP contribution < -0.4 is 16.5 Å². The highest BCUT2D eigenvalue weighted by molar-refractivity contribution is 5.89. The van der Waals surface area contributed by atoms with Crippen LogP contribution in [0.2, 0.25) is 0 Å². The van der Waals surface area contributed by atoms with Gasteiger partial charge in [-0.2, -0.15) is 5.48 Å². The van der Waals surface area contributed by atoms with Crippen LogP contribution in [0.15, 0.2) is 60.7 Å². The van der Waals surface area contributed by atoms with Crippen molar-refractivity contribution in [2.75, 3.05) is 13.2 Å². The molecule has 2 aromatic carbocycles. The van der Waals surface area contributed by atoms with Crippen molar-refractivity contribution in [1.29, 1.82) is 0 Å². The van der Waals surface area contributed by atoms with Crippen LogP contribution in [0.5, 0.6) is 0 Å². The molecule has 0 aromatic heterocycles. The highest BCUT2D eigenvalue weighted by atomic mass is 16.7. The van der Waals surface area contributed by atoms with Crippen molar-refractivity contribution in [3.05, 3.63) is 71.8 Å². The van der Waals surface area contributed by atoms with Crippen molar-refractivity contribution >= 4 is 23.9 Å². The normalized spacial score (nSPS) is 23.0. The summed E-state index contributed by atoms with van der Waals surface area (Å²) in [5, 5.41) is 2.53. The number of amides is 3. The van der Waals surface area contributed by atoms with Crippen molar-refractivity contribution < 1.29 is 28.8 Å². The van der Waals surface area contributed by atoms with Gasteiger partial charge < -0.3 is 20.6 Å². The second-order valence-corrected chi connectivity index (χ2v) is 9.34. The molecule has 186 valence electrons. The van der Waals surface area contributed by atoms with E-state index in [1.165, 1.54) is 0 Å². The fourth-order valence-corrected chi connectivity index (χ4v) is 5.71. The summed E-state index contributed by atoms with van der Waals surface area (Å²) in [7, 11) is 0.